The summed E-state index contributed by atoms with van der Waals surface area (Å²) in [6.07, 6.45) is 2.55. The number of rotatable bonds is 7. The van der Waals surface area contributed by atoms with Crippen LogP contribution in [-0.2, 0) is 4.74 Å². The van der Waals surface area contributed by atoms with Gasteiger partial charge in [0.25, 0.3) is 0 Å². The van der Waals surface area contributed by atoms with Crippen molar-refractivity contribution in [1.82, 2.24) is 9.97 Å². The lowest BCUT2D eigenvalue weighted by Gasteiger charge is -2.06. The van der Waals surface area contributed by atoms with E-state index in [9.17, 15) is 0 Å². The number of nitrogens with zero attached hydrogens (tertiary/aromatic N) is 2. The van der Waals surface area contributed by atoms with Crippen LogP contribution in [0, 0.1) is 0 Å². The predicted molar refractivity (Wildman–Crippen MR) is 58.2 cm³/mol. The number of ether oxygens (including phenoxy) is 2. The van der Waals surface area contributed by atoms with Gasteiger partial charge in [0, 0.05) is 19.7 Å². The fraction of sp³-hybridized carbons (Fsp3) is 0.600. The van der Waals surface area contributed by atoms with Crippen LogP contribution in [0.4, 0.5) is 5.82 Å². The molecule has 15 heavy (non-hydrogen) atoms. The van der Waals surface area contributed by atoms with E-state index in [0.29, 0.717) is 19.1 Å². The van der Waals surface area contributed by atoms with Crippen LogP contribution in [0.3, 0.4) is 0 Å². The Balaban J connectivity index is 2.42. The van der Waals surface area contributed by atoms with Gasteiger partial charge in [-0.3, -0.25) is 0 Å². The van der Waals surface area contributed by atoms with E-state index in [1.807, 2.05) is 0 Å². The van der Waals surface area contributed by atoms with Crippen LogP contribution in [0.15, 0.2) is 12.4 Å². The molecule has 0 aromatic carbocycles. The fourth-order valence-electron chi connectivity index (χ4n) is 0.998. The normalized spacial score (nSPS) is 10.0. The first-order chi connectivity index (χ1) is 7.36. The second kappa shape index (κ2) is 7.00. The zero-order valence-corrected chi connectivity index (χ0v) is 9.19. The summed E-state index contributed by atoms with van der Waals surface area (Å²) in [5.74, 6) is 1.36. The summed E-state index contributed by atoms with van der Waals surface area (Å²) in [6, 6.07) is 1.78. The number of hydrogen-bond donors (Lipinski definition) is 1. The lowest BCUT2D eigenvalue weighted by atomic mass is 10.4. The van der Waals surface area contributed by atoms with Crippen LogP contribution < -0.4 is 10.1 Å². The fourth-order valence-corrected chi connectivity index (χ4v) is 0.998. The highest BCUT2D eigenvalue weighted by molar-refractivity contribution is 5.36. The summed E-state index contributed by atoms with van der Waals surface area (Å²) >= 11 is 0. The molecule has 1 N–H and O–H groups in total. The van der Waals surface area contributed by atoms with Crippen molar-refractivity contribution in [3.63, 3.8) is 0 Å². The van der Waals surface area contributed by atoms with Gasteiger partial charge in [-0.15, -0.1) is 0 Å². The summed E-state index contributed by atoms with van der Waals surface area (Å²) in [6.45, 7) is 4.06. The second-order valence-electron chi connectivity index (χ2n) is 3.01. The molecule has 0 saturated heterocycles. The Bertz CT molecular complexity index is 281. The Morgan fingerprint density at radius 3 is 2.93 bits per heavy atom. The first-order valence-electron chi connectivity index (χ1n) is 5.04. The molecular formula is C10H17N3O2. The van der Waals surface area contributed by atoms with Gasteiger partial charge in [0.05, 0.1) is 6.61 Å². The zero-order valence-electron chi connectivity index (χ0n) is 9.19. The maximum atomic E-state index is 5.35. The van der Waals surface area contributed by atoms with Crippen LogP contribution in [-0.4, -0.2) is 36.8 Å². The molecule has 0 fully saturated rings. The van der Waals surface area contributed by atoms with E-state index in [1.165, 1.54) is 6.33 Å². The molecule has 0 aliphatic carbocycles. The van der Waals surface area contributed by atoms with Gasteiger partial charge in [0.1, 0.15) is 18.8 Å². The second-order valence-corrected chi connectivity index (χ2v) is 3.01. The third-order valence-electron chi connectivity index (χ3n) is 1.74. The van der Waals surface area contributed by atoms with E-state index in [0.717, 1.165) is 18.8 Å². The van der Waals surface area contributed by atoms with Crippen molar-refractivity contribution in [3.05, 3.63) is 12.4 Å². The minimum absolute atomic E-state index is 0.501. The third-order valence-corrected chi connectivity index (χ3v) is 1.74. The summed E-state index contributed by atoms with van der Waals surface area (Å²) < 4.78 is 10.2. The molecule has 0 aliphatic heterocycles. The predicted octanol–water partition coefficient (Wildman–Crippen LogP) is 1.32. The van der Waals surface area contributed by atoms with Gasteiger partial charge >= 0.3 is 0 Å². The van der Waals surface area contributed by atoms with E-state index in [1.54, 1.807) is 13.2 Å². The third kappa shape index (κ3) is 4.60. The van der Waals surface area contributed by atoms with Gasteiger partial charge < -0.3 is 14.8 Å². The molecule has 84 valence electrons. The van der Waals surface area contributed by atoms with E-state index in [-0.39, 0.29) is 0 Å². The van der Waals surface area contributed by atoms with Gasteiger partial charge in [0.2, 0.25) is 5.88 Å². The van der Waals surface area contributed by atoms with Crippen molar-refractivity contribution < 1.29 is 9.47 Å². The van der Waals surface area contributed by atoms with Gasteiger partial charge in [-0.2, -0.15) is 0 Å². The van der Waals surface area contributed by atoms with Crippen molar-refractivity contribution in [3.8, 4) is 5.88 Å². The van der Waals surface area contributed by atoms with Crippen molar-refractivity contribution >= 4 is 5.82 Å². The lowest BCUT2D eigenvalue weighted by molar-refractivity contribution is 0.143. The monoisotopic (exact) mass is 211 g/mol. The Morgan fingerprint density at radius 1 is 1.33 bits per heavy atom. The largest absolute Gasteiger partial charge is 0.475 e. The number of anilines is 1. The number of hydrogen-bond acceptors (Lipinski definition) is 5. The van der Waals surface area contributed by atoms with Crippen LogP contribution >= 0.6 is 0 Å². The van der Waals surface area contributed by atoms with Crippen molar-refractivity contribution in [2.75, 3.05) is 32.2 Å². The van der Waals surface area contributed by atoms with E-state index in [4.69, 9.17) is 9.47 Å². The molecule has 1 heterocycles. The van der Waals surface area contributed by atoms with Crippen molar-refractivity contribution in [1.29, 1.82) is 0 Å². The van der Waals surface area contributed by atoms with Gasteiger partial charge in [0.15, 0.2) is 0 Å². The average molecular weight is 211 g/mol. The van der Waals surface area contributed by atoms with Crippen LogP contribution in [0.25, 0.3) is 0 Å². The number of nitrogens with one attached hydrogen (secondary N) is 1. The summed E-state index contributed by atoms with van der Waals surface area (Å²) in [5, 5.41) is 3.16. The van der Waals surface area contributed by atoms with E-state index in [2.05, 4.69) is 22.2 Å². The average Bonchev–Trinajstić information content (AvgIpc) is 2.27. The van der Waals surface area contributed by atoms with Crippen LogP contribution in [0.1, 0.15) is 13.3 Å². The molecule has 5 heteroatoms. The highest BCUT2D eigenvalue weighted by Crippen LogP contribution is 2.10. The summed E-state index contributed by atoms with van der Waals surface area (Å²) in [4.78, 5) is 8.06. The minimum atomic E-state index is 0.501. The topological polar surface area (TPSA) is 56.3 Å². The summed E-state index contributed by atoms with van der Waals surface area (Å²) in [7, 11) is 1.64. The molecule has 0 unspecified atom stereocenters. The van der Waals surface area contributed by atoms with Crippen LogP contribution in [0.5, 0.6) is 5.88 Å². The number of methoxy groups -OCH3 is 1. The summed E-state index contributed by atoms with van der Waals surface area (Å²) in [5.41, 5.74) is 0. The molecule has 1 rings (SSSR count). The minimum Gasteiger partial charge on any atom is -0.475 e. The molecule has 0 atom stereocenters. The molecule has 0 bridgehead atoms. The molecule has 1 aromatic rings. The highest BCUT2D eigenvalue weighted by Gasteiger charge is 1.98. The standard InChI is InChI=1S/C10H17N3O2/c1-3-4-11-9-7-10(13-8-12-9)15-6-5-14-2/h7-8H,3-6H2,1-2H3,(H,11,12,13). The van der Waals surface area contributed by atoms with Gasteiger partial charge in [-0.05, 0) is 6.42 Å². The Hall–Kier alpha value is -1.36. The maximum absolute atomic E-state index is 5.35. The van der Waals surface area contributed by atoms with E-state index < -0.39 is 0 Å². The molecule has 0 radical (unpaired) electrons. The SMILES string of the molecule is CCCNc1cc(OCCOC)ncn1. The van der Waals surface area contributed by atoms with Crippen molar-refractivity contribution in [2.45, 2.75) is 13.3 Å². The molecule has 0 aliphatic rings. The Kier molecular flexibility index (Phi) is 5.47. The number of aromatic nitrogens is 2. The molecule has 0 amide bonds. The molecule has 0 saturated carbocycles. The molecular weight excluding hydrogens is 194 g/mol. The molecule has 5 nitrogen and oxygen atoms in total. The molecule has 1 aromatic heterocycles. The zero-order chi connectivity index (χ0) is 10.9. The Labute approximate surface area is 89.8 Å². The quantitative estimate of drug-likeness (QED) is 0.689. The lowest BCUT2D eigenvalue weighted by Crippen LogP contribution is -2.07. The van der Waals surface area contributed by atoms with Gasteiger partial charge in [-0.25, -0.2) is 9.97 Å². The van der Waals surface area contributed by atoms with E-state index >= 15 is 0 Å². The van der Waals surface area contributed by atoms with Gasteiger partial charge in [-0.1, -0.05) is 6.92 Å². The maximum Gasteiger partial charge on any atom is 0.218 e. The highest BCUT2D eigenvalue weighted by atomic mass is 16.5. The van der Waals surface area contributed by atoms with Crippen molar-refractivity contribution in [2.24, 2.45) is 0 Å². The molecule has 0 spiro atoms. The first kappa shape index (κ1) is 11.7. The van der Waals surface area contributed by atoms with Crippen LogP contribution in [0.2, 0.25) is 0 Å². The smallest absolute Gasteiger partial charge is 0.218 e. The first-order valence-corrected chi connectivity index (χ1v) is 5.04. The Morgan fingerprint density at radius 2 is 2.20 bits per heavy atom.